The average Bonchev–Trinajstić information content (AvgIpc) is 2.70. The second-order valence-electron chi connectivity index (χ2n) is 7.51. The Morgan fingerprint density at radius 2 is 1.79 bits per heavy atom. The molecule has 156 valence electrons. The first-order valence-corrected chi connectivity index (χ1v) is 11.8. The molecule has 1 aliphatic heterocycles. The highest BCUT2D eigenvalue weighted by molar-refractivity contribution is 7.89. The number of carbonyl (C=O) groups excluding carboxylic acids is 1. The van der Waals surface area contributed by atoms with Crippen LogP contribution < -0.4 is 5.32 Å². The summed E-state index contributed by atoms with van der Waals surface area (Å²) in [5.74, 6) is -0.116. The Kier molecular flexibility index (Phi) is 7.33. The van der Waals surface area contributed by atoms with Crippen LogP contribution in [0.5, 0.6) is 0 Å². The lowest BCUT2D eigenvalue weighted by Crippen LogP contribution is -2.46. The van der Waals surface area contributed by atoms with Gasteiger partial charge in [-0.3, -0.25) is 4.79 Å². The number of aryl methyl sites for hydroxylation is 1. The minimum absolute atomic E-state index is 0.116. The fourth-order valence-electron chi connectivity index (χ4n) is 3.62. The zero-order chi connectivity index (χ0) is 20.9. The highest BCUT2D eigenvalue weighted by Crippen LogP contribution is 2.27. The molecule has 0 radical (unpaired) electrons. The molecule has 5 nitrogen and oxygen atoms in total. The predicted octanol–water partition coefficient (Wildman–Crippen LogP) is 3.94. The average molecular weight is 435 g/mol. The fraction of sp³-hybridized carbons (Fsp3) is 0.409. The monoisotopic (exact) mass is 434 g/mol. The molecule has 1 heterocycles. The number of benzene rings is 2. The summed E-state index contributed by atoms with van der Waals surface area (Å²) in [7, 11) is -3.60. The molecule has 3 rings (SSSR count). The molecule has 0 saturated carbocycles. The standard InChI is InChI=1S/C22H27ClN2O3S/c1-17-5-11-21(12-6-17)29(27,28)25-15-3-2-4-20(25)16-22(26)24-14-13-18-7-9-19(23)10-8-18/h5-12,20H,2-4,13-16H2,1H3,(H,24,26)/t20-/m1/s1. The maximum absolute atomic E-state index is 13.1. The van der Waals surface area contributed by atoms with Crippen LogP contribution >= 0.6 is 11.6 Å². The summed E-state index contributed by atoms with van der Waals surface area (Å²) in [6.45, 7) is 2.89. The number of hydrogen-bond donors (Lipinski definition) is 1. The Morgan fingerprint density at radius 1 is 1.10 bits per heavy atom. The van der Waals surface area contributed by atoms with Gasteiger partial charge in [0.2, 0.25) is 15.9 Å². The van der Waals surface area contributed by atoms with Gasteiger partial charge in [-0.25, -0.2) is 8.42 Å². The highest BCUT2D eigenvalue weighted by atomic mass is 35.5. The van der Waals surface area contributed by atoms with Crippen molar-refractivity contribution in [3.63, 3.8) is 0 Å². The first-order valence-electron chi connectivity index (χ1n) is 9.96. The van der Waals surface area contributed by atoms with E-state index < -0.39 is 10.0 Å². The summed E-state index contributed by atoms with van der Waals surface area (Å²) in [4.78, 5) is 12.7. The number of hydrogen-bond acceptors (Lipinski definition) is 3. The van der Waals surface area contributed by atoms with E-state index in [0.29, 0.717) is 31.0 Å². The van der Waals surface area contributed by atoms with E-state index in [1.54, 1.807) is 24.3 Å². The molecule has 2 aromatic carbocycles. The van der Waals surface area contributed by atoms with Crippen molar-refractivity contribution >= 4 is 27.5 Å². The Balaban J connectivity index is 1.59. The molecule has 0 unspecified atom stereocenters. The summed E-state index contributed by atoms with van der Waals surface area (Å²) >= 11 is 5.88. The molecule has 0 bridgehead atoms. The highest BCUT2D eigenvalue weighted by Gasteiger charge is 2.34. The van der Waals surface area contributed by atoms with Crippen molar-refractivity contribution in [2.24, 2.45) is 0 Å². The third kappa shape index (κ3) is 5.81. The van der Waals surface area contributed by atoms with Crippen LogP contribution in [-0.4, -0.2) is 37.8 Å². The van der Waals surface area contributed by atoms with Crippen molar-refractivity contribution in [1.29, 1.82) is 0 Å². The van der Waals surface area contributed by atoms with Gasteiger partial charge >= 0.3 is 0 Å². The Labute approximate surface area is 178 Å². The van der Waals surface area contributed by atoms with E-state index in [1.165, 1.54) is 4.31 Å². The zero-order valence-electron chi connectivity index (χ0n) is 16.6. The molecule has 1 amide bonds. The van der Waals surface area contributed by atoms with Gasteiger partial charge in [0, 0.05) is 30.6 Å². The molecule has 0 aromatic heterocycles. The van der Waals surface area contributed by atoms with Gasteiger partial charge in [-0.05, 0) is 56.0 Å². The van der Waals surface area contributed by atoms with Crippen LogP contribution in [0.2, 0.25) is 5.02 Å². The van der Waals surface area contributed by atoms with Gasteiger partial charge in [0.05, 0.1) is 4.90 Å². The molecule has 1 fully saturated rings. The van der Waals surface area contributed by atoms with Gasteiger partial charge in [-0.2, -0.15) is 4.31 Å². The van der Waals surface area contributed by atoms with E-state index in [9.17, 15) is 13.2 Å². The van der Waals surface area contributed by atoms with E-state index >= 15 is 0 Å². The van der Waals surface area contributed by atoms with E-state index in [1.807, 2.05) is 31.2 Å². The quantitative estimate of drug-likeness (QED) is 0.717. The number of piperidine rings is 1. The Bertz CT molecular complexity index is 928. The third-order valence-corrected chi connectivity index (χ3v) is 7.49. The van der Waals surface area contributed by atoms with Gasteiger partial charge in [0.1, 0.15) is 0 Å². The van der Waals surface area contributed by atoms with Crippen LogP contribution in [-0.2, 0) is 21.2 Å². The topological polar surface area (TPSA) is 66.5 Å². The first-order chi connectivity index (χ1) is 13.9. The number of sulfonamides is 1. The number of amides is 1. The molecular formula is C22H27ClN2O3S. The molecule has 0 aliphatic carbocycles. The lowest BCUT2D eigenvalue weighted by atomic mass is 10.0. The molecule has 7 heteroatoms. The van der Waals surface area contributed by atoms with Gasteiger partial charge in [-0.15, -0.1) is 0 Å². The van der Waals surface area contributed by atoms with Crippen LogP contribution in [0, 0.1) is 6.92 Å². The van der Waals surface area contributed by atoms with E-state index in [-0.39, 0.29) is 23.3 Å². The molecule has 1 saturated heterocycles. The second kappa shape index (κ2) is 9.74. The SMILES string of the molecule is Cc1ccc(S(=O)(=O)N2CCCC[C@@H]2CC(=O)NCCc2ccc(Cl)cc2)cc1. The maximum Gasteiger partial charge on any atom is 0.243 e. The largest absolute Gasteiger partial charge is 0.356 e. The van der Waals surface area contributed by atoms with Gasteiger partial charge < -0.3 is 5.32 Å². The first kappa shape index (κ1) is 21.8. The van der Waals surface area contributed by atoms with Crippen LogP contribution in [0.1, 0.15) is 36.8 Å². The Hall–Kier alpha value is -1.89. The van der Waals surface area contributed by atoms with Gasteiger partial charge in [0.15, 0.2) is 0 Å². The van der Waals surface area contributed by atoms with Crippen molar-refractivity contribution in [1.82, 2.24) is 9.62 Å². The molecule has 1 aliphatic rings. The number of carbonyl (C=O) groups is 1. The number of rotatable bonds is 7. The van der Waals surface area contributed by atoms with Crippen molar-refractivity contribution in [2.45, 2.75) is 50.0 Å². The molecule has 1 atom stereocenters. The fourth-order valence-corrected chi connectivity index (χ4v) is 5.44. The minimum Gasteiger partial charge on any atom is -0.356 e. The zero-order valence-corrected chi connectivity index (χ0v) is 18.2. The van der Waals surface area contributed by atoms with E-state index in [2.05, 4.69) is 5.32 Å². The molecular weight excluding hydrogens is 408 g/mol. The summed E-state index contributed by atoms with van der Waals surface area (Å²) in [5.41, 5.74) is 2.11. The third-order valence-electron chi connectivity index (χ3n) is 5.27. The lowest BCUT2D eigenvalue weighted by molar-refractivity contribution is -0.122. The summed E-state index contributed by atoms with van der Waals surface area (Å²) in [5, 5.41) is 3.60. The van der Waals surface area contributed by atoms with Crippen LogP contribution in [0.25, 0.3) is 0 Å². The van der Waals surface area contributed by atoms with Crippen molar-refractivity contribution in [3.8, 4) is 0 Å². The summed E-state index contributed by atoms with van der Waals surface area (Å²) in [6.07, 6.45) is 3.35. The number of nitrogens with zero attached hydrogens (tertiary/aromatic N) is 1. The smallest absolute Gasteiger partial charge is 0.243 e. The predicted molar refractivity (Wildman–Crippen MR) is 115 cm³/mol. The van der Waals surface area contributed by atoms with Crippen LogP contribution in [0.4, 0.5) is 0 Å². The Morgan fingerprint density at radius 3 is 2.48 bits per heavy atom. The van der Waals surface area contributed by atoms with Crippen LogP contribution in [0.3, 0.4) is 0 Å². The van der Waals surface area contributed by atoms with Crippen molar-refractivity contribution in [2.75, 3.05) is 13.1 Å². The number of halogens is 1. The number of nitrogens with one attached hydrogen (secondary N) is 1. The van der Waals surface area contributed by atoms with Crippen molar-refractivity contribution < 1.29 is 13.2 Å². The van der Waals surface area contributed by atoms with E-state index in [4.69, 9.17) is 11.6 Å². The second-order valence-corrected chi connectivity index (χ2v) is 9.84. The summed E-state index contributed by atoms with van der Waals surface area (Å²) in [6, 6.07) is 14.1. The maximum atomic E-state index is 13.1. The normalized spacial score (nSPS) is 17.8. The van der Waals surface area contributed by atoms with Gasteiger partial charge in [0.25, 0.3) is 0 Å². The molecule has 29 heavy (non-hydrogen) atoms. The summed E-state index contributed by atoms with van der Waals surface area (Å²) < 4.78 is 27.7. The van der Waals surface area contributed by atoms with Crippen molar-refractivity contribution in [3.05, 3.63) is 64.7 Å². The molecule has 0 spiro atoms. The molecule has 2 aromatic rings. The van der Waals surface area contributed by atoms with E-state index in [0.717, 1.165) is 24.0 Å². The van der Waals surface area contributed by atoms with Gasteiger partial charge in [-0.1, -0.05) is 47.9 Å². The lowest BCUT2D eigenvalue weighted by Gasteiger charge is -2.34. The van der Waals surface area contributed by atoms with Crippen LogP contribution in [0.15, 0.2) is 53.4 Å². The molecule has 1 N–H and O–H groups in total. The minimum atomic E-state index is -3.60.